The second-order valence-electron chi connectivity index (χ2n) is 9.96. The first-order chi connectivity index (χ1) is 18.2. The number of pyridine rings is 1. The highest BCUT2D eigenvalue weighted by Gasteiger charge is 2.32. The number of aryl methyl sites for hydroxylation is 2. The average molecular weight is 501 g/mol. The van der Waals surface area contributed by atoms with Gasteiger partial charge in [-0.3, -0.25) is 9.69 Å². The Balaban J connectivity index is 1.46. The summed E-state index contributed by atoms with van der Waals surface area (Å²) in [7, 11) is 1.66. The van der Waals surface area contributed by atoms with Gasteiger partial charge in [0.1, 0.15) is 5.75 Å². The molecule has 0 saturated heterocycles. The Bertz CT molecular complexity index is 1360. The van der Waals surface area contributed by atoms with Crippen molar-refractivity contribution in [1.29, 1.82) is 0 Å². The highest BCUT2D eigenvalue weighted by atomic mass is 16.5. The van der Waals surface area contributed by atoms with Gasteiger partial charge in [0, 0.05) is 35.6 Å². The second kappa shape index (κ2) is 11.7. The molecule has 2 heterocycles. The lowest BCUT2D eigenvalue weighted by atomic mass is 9.92. The zero-order valence-corrected chi connectivity index (χ0v) is 21.8. The average Bonchev–Trinajstić information content (AvgIpc) is 3.41. The molecular formula is C29H36N6O2. The van der Waals surface area contributed by atoms with Gasteiger partial charge in [-0.15, -0.1) is 5.10 Å². The van der Waals surface area contributed by atoms with Crippen molar-refractivity contribution in [2.75, 3.05) is 7.11 Å². The van der Waals surface area contributed by atoms with Crippen LogP contribution in [-0.2, 0) is 19.5 Å². The summed E-state index contributed by atoms with van der Waals surface area (Å²) in [6.45, 7) is 3.46. The number of nitrogens with zero attached hydrogens (tertiary/aromatic N) is 5. The van der Waals surface area contributed by atoms with Crippen LogP contribution < -0.4 is 10.3 Å². The molecule has 1 N–H and O–H groups in total. The summed E-state index contributed by atoms with van der Waals surface area (Å²) in [5.74, 6) is 1.65. The fourth-order valence-electron chi connectivity index (χ4n) is 5.63. The van der Waals surface area contributed by atoms with Crippen LogP contribution in [0.5, 0.6) is 5.75 Å². The van der Waals surface area contributed by atoms with Crippen LogP contribution in [0.1, 0.15) is 68.4 Å². The number of nitrogens with one attached hydrogen (secondary N) is 1. The quantitative estimate of drug-likeness (QED) is 0.328. The fraction of sp³-hybridized carbons (Fsp3) is 0.448. The Kier molecular flexibility index (Phi) is 7.94. The number of aromatic amines is 1. The van der Waals surface area contributed by atoms with Crippen LogP contribution in [-0.4, -0.2) is 43.2 Å². The molecule has 8 nitrogen and oxygen atoms in total. The number of fused-ring (bicyclic) bond motifs is 1. The zero-order chi connectivity index (χ0) is 25.6. The molecule has 37 heavy (non-hydrogen) atoms. The van der Waals surface area contributed by atoms with Gasteiger partial charge in [0.2, 0.25) is 0 Å². The van der Waals surface area contributed by atoms with Gasteiger partial charge < -0.3 is 9.72 Å². The number of hydrogen-bond acceptors (Lipinski definition) is 6. The predicted octanol–water partition coefficient (Wildman–Crippen LogP) is 5.05. The topological polar surface area (TPSA) is 88.9 Å². The molecule has 4 aromatic rings. The Morgan fingerprint density at radius 3 is 2.68 bits per heavy atom. The lowest BCUT2D eigenvalue weighted by Crippen LogP contribution is -2.41. The van der Waals surface area contributed by atoms with Crippen molar-refractivity contribution in [2.24, 2.45) is 0 Å². The Labute approximate surface area is 217 Å². The first kappa shape index (κ1) is 25.1. The van der Waals surface area contributed by atoms with E-state index in [0.717, 1.165) is 60.3 Å². The molecule has 2 aromatic heterocycles. The minimum absolute atomic E-state index is 0.0225. The number of methoxy groups -OCH3 is 1. The van der Waals surface area contributed by atoms with Crippen LogP contribution in [0, 0.1) is 0 Å². The lowest BCUT2D eigenvalue weighted by Gasteiger charge is -2.39. The molecule has 1 saturated carbocycles. The maximum atomic E-state index is 13.2. The van der Waals surface area contributed by atoms with E-state index in [1.165, 1.54) is 24.8 Å². The van der Waals surface area contributed by atoms with E-state index >= 15 is 0 Å². The van der Waals surface area contributed by atoms with Crippen molar-refractivity contribution in [3.8, 4) is 5.75 Å². The first-order valence-electron chi connectivity index (χ1n) is 13.4. The molecule has 194 valence electrons. The van der Waals surface area contributed by atoms with Crippen LogP contribution in [0.15, 0.2) is 59.4 Å². The molecule has 1 aliphatic rings. The maximum Gasteiger partial charge on any atom is 0.252 e. The molecule has 0 aliphatic heterocycles. The molecule has 5 rings (SSSR count). The third kappa shape index (κ3) is 5.74. The number of ether oxygens (including phenoxy) is 1. The molecule has 1 atom stereocenters. The molecule has 8 heteroatoms. The van der Waals surface area contributed by atoms with Crippen molar-refractivity contribution >= 4 is 10.9 Å². The molecule has 1 unspecified atom stereocenters. The summed E-state index contributed by atoms with van der Waals surface area (Å²) in [6.07, 6.45) is 7.67. The Morgan fingerprint density at radius 2 is 1.92 bits per heavy atom. The third-order valence-electron chi connectivity index (χ3n) is 7.62. The zero-order valence-electron chi connectivity index (χ0n) is 21.8. The molecule has 0 bridgehead atoms. The van der Waals surface area contributed by atoms with Crippen molar-refractivity contribution in [3.05, 3.63) is 81.9 Å². The molecule has 0 amide bonds. The van der Waals surface area contributed by atoms with E-state index in [2.05, 4.69) is 56.6 Å². The molecule has 1 fully saturated rings. The van der Waals surface area contributed by atoms with Gasteiger partial charge in [0.05, 0.1) is 13.2 Å². The Morgan fingerprint density at radius 1 is 1.11 bits per heavy atom. The minimum Gasteiger partial charge on any atom is -0.497 e. The van der Waals surface area contributed by atoms with Crippen LogP contribution in [0.25, 0.3) is 10.9 Å². The van der Waals surface area contributed by atoms with Crippen molar-refractivity contribution in [2.45, 2.75) is 77.0 Å². The number of rotatable bonds is 10. The number of tetrazole rings is 1. The summed E-state index contributed by atoms with van der Waals surface area (Å²) in [4.78, 5) is 18.7. The molecular weight excluding hydrogens is 464 g/mol. The monoisotopic (exact) mass is 500 g/mol. The van der Waals surface area contributed by atoms with E-state index < -0.39 is 0 Å². The van der Waals surface area contributed by atoms with E-state index in [1.807, 2.05) is 35.0 Å². The number of hydrogen-bond donors (Lipinski definition) is 1. The smallest absolute Gasteiger partial charge is 0.252 e. The summed E-state index contributed by atoms with van der Waals surface area (Å²) < 4.78 is 7.36. The molecule has 0 spiro atoms. The minimum atomic E-state index is -0.0444. The third-order valence-corrected chi connectivity index (χ3v) is 7.62. The van der Waals surface area contributed by atoms with Crippen molar-refractivity contribution in [3.63, 3.8) is 0 Å². The van der Waals surface area contributed by atoms with Gasteiger partial charge in [-0.1, -0.05) is 56.5 Å². The largest absolute Gasteiger partial charge is 0.497 e. The highest BCUT2D eigenvalue weighted by molar-refractivity contribution is 5.80. The Hall–Kier alpha value is -3.52. The van der Waals surface area contributed by atoms with Crippen molar-refractivity contribution < 1.29 is 4.74 Å². The van der Waals surface area contributed by atoms with Crippen LogP contribution in [0.3, 0.4) is 0 Å². The standard InChI is InChI=1S/C29H36N6O2/c1-3-27(28-31-32-33-35(28)17-16-21-10-6-4-7-11-21)34(24-12-8-5-9-13-24)20-23-18-22-19-25(37-2)14-15-26(22)30-29(23)36/h4,6-7,10-11,14-15,18-19,24,27H,3,5,8-9,12-13,16-17,20H2,1-2H3,(H,30,36). The van der Waals surface area contributed by atoms with Crippen LogP contribution in [0.4, 0.5) is 0 Å². The lowest BCUT2D eigenvalue weighted by molar-refractivity contribution is 0.0841. The summed E-state index contributed by atoms with van der Waals surface area (Å²) >= 11 is 0. The van der Waals surface area contributed by atoms with E-state index in [4.69, 9.17) is 4.74 Å². The maximum absolute atomic E-state index is 13.2. The molecule has 1 aliphatic carbocycles. The number of H-pyrrole nitrogens is 1. The molecule has 0 radical (unpaired) electrons. The number of benzene rings is 2. The van der Waals surface area contributed by atoms with Gasteiger partial charge >= 0.3 is 0 Å². The summed E-state index contributed by atoms with van der Waals surface area (Å²) in [5.41, 5.74) is 2.79. The number of aromatic nitrogens is 5. The van der Waals surface area contributed by atoms with Gasteiger partial charge in [0.15, 0.2) is 5.82 Å². The van der Waals surface area contributed by atoms with Gasteiger partial charge in [-0.25, -0.2) is 4.68 Å². The predicted molar refractivity (Wildman–Crippen MR) is 145 cm³/mol. The summed E-state index contributed by atoms with van der Waals surface area (Å²) in [5, 5.41) is 13.9. The van der Waals surface area contributed by atoms with Gasteiger partial charge in [-0.05, 0) is 65.9 Å². The van der Waals surface area contributed by atoms with Crippen LogP contribution in [0.2, 0.25) is 0 Å². The van der Waals surface area contributed by atoms with Gasteiger partial charge in [0.25, 0.3) is 5.56 Å². The first-order valence-corrected chi connectivity index (χ1v) is 13.4. The fourth-order valence-corrected chi connectivity index (χ4v) is 5.63. The normalized spacial score (nSPS) is 15.3. The van der Waals surface area contributed by atoms with E-state index in [0.29, 0.717) is 12.6 Å². The van der Waals surface area contributed by atoms with E-state index in [-0.39, 0.29) is 11.6 Å². The van der Waals surface area contributed by atoms with Crippen LogP contribution >= 0.6 is 0 Å². The second-order valence-corrected chi connectivity index (χ2v) is 9.96. The van der Waals surface area contributed by atoms with E-state index in [1.54, 1.807) is 7.11 Å². The SMILES string of the molecule is CCC(c1nnnn1CCc1ccccc1)N(Cc1cc2cc(OC)ccc2[nH]c1=O)C1CCCCC1. The van der Waals surface area contributed by atoms with Gasteiger partial charge in [-0.2, -0.15) is 0 Å². The van der Waals surface area contributed by atoms with Crippen molar-refractivity contribution in [1.82, 2.24) is 30.1 Å². The van der Waals surface area contributed by atoms with E-state index in [9.17, 15) is 4.79 Å². The molecule has 2 aromatic carbocycles. The summed E-state index contributed by atoms with van der Waals surface area (Å²) in [6, 6.07) is 18.6. The highest BCUT2D eigenvalue weighted by Crippen LogP contribution is 2.33.